The van der Waals surface area contributed by atoms with Crippen molar-refractivity contribution in [2.24, 2.45) is 0 Å². The van der Waals surface area contributed by atoms with Crippen molar-refractivity contribution in [2.45, 2.75) is 0 Å². The monoisotopic (exact) mass is 436 g/mol. The summed E-state index contributed by atoms with van der Waals surface area (Å²) in [4.78, 5) is 12.0. The Morgan fingerprint density at radius 3 is 2.16 bits per heavy atom. The first-order valence-corrected chi connectivity index (χ1v) is 7.74. The van der Waals surface area contributed by atoms with E-state index in [9.17, 15) is 22.4 Å². The summed E-state index contributed by atoms with van der Waals surface area (Å²) in [6.45, 7) is 0. The maximum atomic E-state index is 13.9. The molecule has 0 saturated heterocycles. The van der Waals surface area contributed by atoms with Gasteiger partial charge in [0, 0.05) is 4.47 Å². The second-order valence-electron chi connectivity index (χ2n) is 4.55. The van der Waals surface area contributed by atoms with E-state index in [1.807, 2.05) is 5.32 Å². The summed E-state index contributed by atoms with van der Waals surface area (Å²) < 4.78 is 59.9. The Labute approximate surface area is 153 Å². The lowest BCUT2D eigenvalue weighted by atomic mass is 10.1. The molecule has 0 spiro atoms. The van der Waals surface area contributed by atoms with Crippen LogP contribution in [-0.2, 0) is 0 Å². The van der Waals surface area contributed by atoms with Crippen LogP contribution >= 0.6 is 28.1 Å². The zero-order valence-corrected chi connectivity index (χ0v) is 14.8. The zero-order chi connectivity index (χ0) is 18.7. The molecule has 0 aliphatic rings. The molecule has 0 aliphatic heterocycles. The predicted octanol–water partition coefficient (Wildman–Crippen LogP) is 4.14. The van der Waals surface area contributed by atoms with E-state index in [0.717, 1.165) is 7.11 Å². The van der Waals surface area contributed by atoms with Crippen LogP contribution in [0.2, 0.25) is 0 Å². The van der Waals surface area contributed by atoms with Crippen LogP contribution in [0.4, 0.5) is 23.2 Å². The van der Waals surface area contributed by atoms with Gasteiger partial charge in [-0.05, 0) is 40.3 Å². The topological polar surface area (TPSA) is 50.4 Å². The van der Waals surface area contributed by atoms with Crippen molar-refractivity contribution in [2.75, 3.05) is 12.4 Å². The van der Waals surface area contributed by atoms with Crippen molar-refractivity contribution in [1.29, 1.82) is 0 Å². The lowest BCUT2D eigenvalue weighted by molar-refractivity contribution is 0.0966. The molecular weight excluding hydrogens is 428 g/mol. The van der Waals surface area contributed by atoms with Gasteiger partial charge >= 0.3 is 0 Å². The molecule has 2 rings (SSSR count). The molecule has 4 nitrogen and oxygen atoms in total. The molecule has 2 aromatic carbocycles. The lowest BCUT2D eigenvalue weighted by Crippen LogP contribution is -2.35. The Morgan fingerprint density at radius 1 is 1.08 bits per heavy atom. The van der Waals surface area contributed by atoms with Gasteiger partial charge in [0.2, 0.25) is 11.6 Å². The van der Waals surface area contributed by atoms with Crippen LogP contribution in [0.1, 0.15) is 10.4 Å². The minimum atomic E-state index is -1.89. The highest BCUT2D eigenvalue weighted by Gasteiger charge is 2.30. The lowest BCUT2D eigenvalue weighted by Gasteiger charge is -2.13. The van der Waals surface area contributed by atoms with Gasteiger partial charge in [-0.3, -0.25) is 10.1 Å². The highest BCUT2D eigenvalue weighted by atomic mass is 79.9. The third kappa shape index (κ3) is 3.90. The summed E-state index contributed by atoms with van der Waals surface area (Å²) >= 11 is 8.08. The minimum Gasteiger partial charge on any atom is -0.491 e. The Bertz CT molecular complexity index is 835. The Hall–Kier alpha value is -2.20. The molecular formula is C15H9BrF4N2O2S. The smallest absolute Gasteiger partial charge is 0.263 e. The summed E-state index contributed by atoms with van der Waals surface area (Å²) in [7, 11) is 0.830. The molecule has 132 valence electrons. The zero-order valence-electron chi connectivity index (χ0n) is 12.4. The molecule has 0 aromatic heterocycles. The summed E-state index contributed by atoms with van der Waals surface area (Å²) in [5.41, 5.74) is -0.993. The van der Waals surface area contributed by atoms with Crippen molar-refractivity contribution in [1.82, 2.24) is 5.32 Å². The van der Waals surface area contributed by atoms with Gasteiger partial charge in [0.1, 0.15) is 5.56 Å². The standard InChI is InChI=1S/C15H9BrF4N2O2S/c1-24-13-11(19)9(17)8(10(18)12(13)20)14(23)22-15(25)21-7-5-3-2-4-6(7)16/h2-5H,1H3,(H2,21,22,23,25). The summed E-state index contributed by atoms with van der Waals surface area (Å²) in [6, 6.07) is 6.69. The first-order chi connectivity index (χ1) is 11.8. The van der Waals surface area contributed by atoms with Gasteiger partial charge in [-0.15, -0.1) is 0 Å². The van der Waals surface area contributed by atoms with Gasteiger partial charge in [0.25, 0.3) is 5.91 Å². The van der Waals surface area contributed by atoms with Crippen molar-refractivity contribution in [3.63, 3.8) is 0 Å². The third-order valence-electron chi connectivity index (χ3n) is 3.00. The number of halogens is 5. The molecule has 0 unspecified atom stereocenters. The average Bonchev–Trinajstić information content (AvgIpc) is 2.56. The number of methoxy groups -OCH3 is 1. The highest BCUT2D eigenvalue weighted by Crippen LogP contribution is 2.29. The number of nitrogens with one attached hydrogen (secondary N) is 2. The number of anilines is 1. The molecule has 0 heterocycles. The molecule has 0 fully saturated rings. The number of carbonyl (C=O) groups is 1. The van der Waals surface area contributed by atoms with Crippen LogP contribution in [0.3, 0.4) is 0 Å². The normalized spacial score (nSPS) is 10.3. The van der Waals surface area contributed by atoms with Crippen molar-refractivity contribution in [3.05, 3.63) is 57.6 Å². The van der Waals surface area contributed by atoms with E-state index in [4.69, 9.17) is 12.2 Å². The van der Waals surface area contributed by atoms with Gasteiger partial charge in [-0.2, -0.15) is 8.78 Å². The van der Waals surface area contributed by atoms with E-state index >= 15 is 0 Å². The predicted molar refractivity (Wildman–Crippen MR) is 90.7 cm³/mol. The first kappa shape index (κ1) is 19.1. The quantitative estimate of drug-likeness (QED) is 0.431. The Balaban J connectivity index is 2.27. The third-order valence-corrected chi connectivity index (χ3v) is 3.90. The molecule has 10 heteroatoms. The number of para-hydroxylation sites is 1. The molecule has 0 atom stereocenters. The fourth-order valence-electron chi connectivity index (χ4n) is 1.87. The molecule has 0 saturated carbocycles. The van der Waals surface area contributed by atoms with Crippen LogP contribution in [0.25, 0.3) is 0 Å². The minimum absolute atomic E-state index is 0.327. The van der Waals surface area contributed by atoms with E-state index in [1.54, 1.807) is 24.3 Å². The van der Waals surface area contributed by atoms with E-state index in [0.29, 0.717) is 10.2 Å². The van der Waals surface area contributed by atoms with Gasteiger partial charge < -0.3 is 10.1 Å². The molecule has 25 heavy (non-hydrogen) atoms. The molecule has 0 aliphatic carbocycles. The first-order valence-electron chi connectivity index (χ1n) is 6.54. The number of ether oxygens (including phenoxy) is 1. The van der Waals surface area contributed by atoms with Gasteiger partial charge in [0.05, 0.1) is 12.8 Å². The van der Waals surface area contributed by atoms with E-state index in [1.165, 1.54) is 0 Å². The largest absolute Gasteiger partial charge is 0.491 e. The molecule has 0 bridgehead atoms. The van der Waals surface area contributed by atoms with E-state index in [2.05, 4.69) is 26.0 Å². The number of hydrogen-bond acceptors (Lipinski definition) is 3. The number of carbonyl (C=O) groups excluding carboxylic acids is 1. The fraction of sp³-hybridized carbons (Fsp3) is 0.0667. The summed E-state index contributed by atoms with van der Waals surface area (Å²) in [5.74, 6) is -10.2. The second kappa shape index (κ2) is 7.79. The molecule has 1 amide bonds. The van der Waals surface area contributed by atoms with Crippen LogP contribution in [0.5, 0.6) is 5.75 Å². The van der Waals surface area contributed by atoms with Gasteiger partial charge in [-0.25, -0.2) is 8.78 Å². The molecule has 0 radical (unpaired) electrons. The maximum Gasteiger partial charge on any atom is 0.263 e. The van der Waals surface area contributed by atoms with Crippen molar-refractivity contribution >= 4 is 44.9 Å². The summed E-state index contributed by atoms with van der Waals surface area (Å²) in [5, 5.41) is 4.22. The van der Waals surface area contributed by atoms with Crippen molar-refractivity contribution < 1.29 is 27.1 Å². The summed E-state index contributed by atoms with van der Waals surface area (Å²) in [6.07, 6.45) is 0. The van der Waals surface area contributed by atoms with Crippen LogP contribution in [-0.4, -0.2) is 18.1 Å². The number of thiocarbonyl (C=S) groups is 1. The van der Waals surface area contributed by atoms with Gasteiger partial charge in [0.15, 0.2) is 22.5 Å². The fourth-order valence-corrected chi connectivity index (χ4v) is 2.46. The van der Waals surface area contributed by atoms with Gasteiger partial charge in [-0.1, -0.05) is 12.1 Å². The SMILES string of the molecule is COc1c(F)c(F)c(C(=O)NC(=S)Nc2ccccc2Br)c(F)c1F. The number of benzene rings is 2. The number of rotatable bonds is 3. The van der Waals surface area contributed by atoms with Crippen LogP contribution in [0.15, 0.2) is 28.7 Å². The molecule has 2 aromatic rings. The number of hydrogen-bond donors (Lipinski definition) is 2. The maximum absolute atomic E-state index is 13.9. The van der Waals surface area contributed by atoms with Crippen LogP contribution in [0, 0.1) is 23.3 Å². The van der Waals surface area contributed by atoms with E-state index in [-0.39, 0.29) is 5.11 Å². The Morgan fingerprint density at radius 2 is 1.64 bits per heavy atom. The van der Waals surface area contributed by atoms with E-state index < -0.39 is 40.5 Å². The molecule has 2 N–H and O–H groups in total. The Kier molecular flexibility index (Phi) is 5.96. The second-order valence-corrected chi connectivity index (χ2v) is 5.81. The van der Waals surface area contributed by atoms with Crippen molar-refractivity contribution in [3.8, 4) is 5.75 Å². The average molecular weight is 437 g/mol. The number of amides is 1. The van der Waals surface area contributed by atoms with Crippen LogP contribution < -0.4 is 15.4 Å². The highest BCUT2D eigenvalue weighted by molar-refractivity contribution is 9.10.